The number of nitrogens with zero attached hydrogens (tertiary/aromatic N) is 3. The van der Waals surface area contributed by atoms with E-state index in [4.69, 9.17) is 9.47 Å². The molecule has 2 N–H and O–H groups in total. The molecule has 0 radical (unpaired) electrons. The van der Waals surface area contributed by atoms with Crippen molar-refractivity contribution in [3.8, 4) is 11.5 Å². The zero-order valence-corrected chi connectivity index (χ0v) is 11.3. The molecule has 0 saturated carbocycles. The molecule has 0 bridgehead atoms. The van der Waals surface area contributed by atoms with Crippen LogP contribution in [-0.4, -0.2) is 28.0 Å². The Morgan fingerprint density at radius 1 is 1.20 bits per heavy atom. The van der Waals surface area contributed by atoms with Gasteiger partial charge in [0.1, 0.15) is 0 Å². The maximum atomic E-state index is 5.33. The fourth-order valence-corrected chi connectivity index (χ4v) is 1.81. The minimum absolute atomic E-state index is 0.248. The monoisotopic (exact) mass is 273 g/mol. The van der Waals surface area contributed by atoms with Gasteiger partial charge in [0.25, 0.3) is 0 Å². The first-order chi connectivity index (χ1) is 9.70. The smallest absolute Gasteiger partial charge is 0.244 e. The number of fused-ring (bicyclic) bond motifs is 1. The zero-order valence-electron chi connectivity index (χ0n) is 11.3. The van der Waals surface area contributed by atoms with Gasteiger partial charge in [-0.3, -0.25) is 0 Å². The van der Waals surface area contributed by atoms with E-state index < -0.39 is 0 Å². The van der Waals surface area contributed by atoms with Crippen molar-refractivity contribution < 1.29 is 9.47 Å². The molecule has 0 spiro atoms. The van der Waals surface area contributed by atoms with Crippen molar-refractivity contribution in [2.45, 2.75) is 19.9 Å². The van der Waals surface area contributed by atoms with Crippen molar-refractivity contribution in [2.24, 2.45) is 0 Å². The molecular formula is C13H15N5O2. The van der Waals surface area contributed by atoms with Gasteiger partial charge in [-0.1, -0.05) is 0 Å². The number of ether oxygens (including phenoxy) is 2. The van der Waals surface area contributed by atoms with Gasteiger partial charge in [0, 0.05) is 17.8 Å². The Bertz CT molecular complexity index is 617. The minimum atomic E-state index is 0.248. The van der Waals surface area contributed by atoms with Crippen LogP contribution < -0.4 is 20.1 Å². The van der Waals surface area contributed by atoms with Crippen LogP contribution in [0.1, 0.15) is 13.8 Å². The van der Waals surface area contributed by atoms with E-state index in [1.807, 2.05) is 32.0 Å². The molecule has 1 aromatic heterocycles. The largest absolute Gasteiger partial charge is 0.454 e. The van der Waals surface area contributed by atoms with Gasteiger partial charge in [-0.25, -0.2) is 0 Å². The third kappa shape index (κ3) is 2.71. The first-order valence-corrected chi connectivity index (χ1v) is 6.33. The number of rotatable bonds is 4. The molecule has 1 aromatic carbocycles. The number of hydrogen-bond donors (Lipinski definition) is 2. The highest BCUT2D eigenvalue weighted by molar-refractivity contribution is 5.61. The summed E-state index contributed by atoms with van der Waals surface area (Å²) in [5, 5.41) is 14.1. The van der Waals surface area contributed by atoms with Gasteiger partial charge in [-0.05, 0) is 26.0 Å². The predicted octanol–water partition coefficient (Wildman–Crippen LogP) is 2.16. The maximum absolute atomic E-state index is 5.33. The Morgan fingerprint density at radius 2 is 2.05 bits per heavy atom. The lowest BCUT2D eigenvalue weighted by Crippen LogP contribution is -2.13. The lowest BCUT2D eigenvalue weighted by molar-refractivity contribution is 0.174. The van der Waals surface area contributed by atoms with Crippen molar-refractivity contribution in [1.82, 2.24) is 15.2 Å². The highest BCUT2D eigenvalue weighted by Crippen LogP contribution is 2.34. The average molecular weight is 273 g/mol. The molecule has 7 nitrogen and oxygen atoms in total. The normalized spacial score (nSPS) is 12.6. The van der Waals surface area contributed by atoms with Crippen molar-refractivity contribution in [2.75, 3.05) is 17.4 Å². The standard InChI is InChI=1S/C13H15N5O2/c1-8(2)15-13-17-12(6-14-18-13)16-9-3-4-10-11(5-9)20-7-19-10/h3-6,8H,7H2,1-2H3,(H2,15,16,17,18). The topological polar surface area (TPSA) is 81.2 Å². The van der Waals surface area contributed by atoms with E-state index in [0.717, 1.165) is 17.2 Å². The summed E-state index contributed by atoms with van der Waals surface area (Å²) in [5.74, 6) is 2.57. The fraction of sp³-hybridized carbons (Fsp3) is 0.308. The second-order valence-corrected chi connectivity index (χ2v) is 4.66. The summed E-state index contributed by atoms with van der Waals surface area (Å²) in [6, 6.07) is 5.86. The summed E-state index contributed by atoms with van der Waals surface area (Å²) in [4.78, 5) is 4.33. The Labute approximate surface area is 116 Å². The quantitative estimate of drug-likeness (QED) is 0.883. The SMILES string of the molecule is CC(C)Nc1nncc(Nc2ccc3c(c2)OCO3)n1. The van der Waals surface area contributed by atoms with Gasteiger partial charge in [-0.2, -0.15) is 10.1 Å². The summed E-state index contributed by atoms with van der Waals surface area (Å²) in [6.45, 7) is 4.29. The van der Waals surface area contributed by atoms with E-state index in [9.17, 15) is 0 Å². The molecule has 0 amide bonds. The first-order valence-electron chi connectivity index (χ1n) is 6.33. The van der Waals surface area contributed by atoms with Crippen molar-refractivity contribution in [1.29, 1.82) is 0 Å². The van der Waals surface area contributed by atoms with Gasteiger partial charge < -0.3 is 20.1 Å². The van der Waals surface area contributed by atoms with Gasteiger partial charge in [0.05, 0.1) is 6.20 Å². The Hall–Kier alpha value is -2.57. The molecule has 0 fully saturated rings. The average Bonchev–Trinajstić information content (AvgIpc) is 2.85. The summed E-state index contributed by atoms with van der Waals surface area (Å²) < 4.78 is 10.6. The Balaban J connectivity index is 1.77. The van der Waals surface area contributed by atoms with Gasteiger partial charge in [-0.15, -0.1) is 5.10 Å². The molecule has 20 heavy (non-hydrogen) atoms. The predicted molar refractivity (Wildman–Crippen MR) is 74.4 cm³/mol. The second kappa shape index (κ2) is 5.20. The molecule has 0 aliphatic carbocycles. The van der Waals surface area contributed by atoms with E-state index in [2.05, 4.69) is 25.8 Å². The highest BCUT2D eigenvalue weighted by atomic mass is 16.7. The van der Waals surface area contributed by atoms with Gasteiger partial charge in [0.2, 0.25) is 12.7 Å². The van der Waals surface area contributed by atoms with Gasteiger partial charge >= 0.3 is 0 Å². The summed E-state index contributed by atoms with van der Waals surface area (Å²) >= 11 is 0. The molecule has 1 aliphatic rings. The third-order valence-electron chi connectivity index (χ3n) is 2.62. The van der Waals surface area contributed by atoms with Crippen LogP contribution in [0, 0.1) is 0 Å². The van der Waals surface area contributed by atoms with E-state index in [1.54, 1.807) is 6.20 Å². The van der Waals surface area contributed by atoms with Crippen LogP contribution in [0.5, 0.6) is 11.5 Å². The molecule has 0 saturated heterocycles. The number of anilines is 3. The van der Waals surface area contributed by atoms with Crippen molar-refractivity contribution >= 4 is 17.5 Å². The van der Waals surface area contributed by atoms with Crippen LogP contribution in [-0.2, 0) is 0 Å². The highest BCUT2D eigenvalue weighted by Gasteiger charge is 2.13. The summed E-state index contributed by atoms with van der Waals surface area (Å²) in [7, 11) is 0. The number of hydrogen-bond acceptors (Lipinski definition) is 7. The lowest BCUT2D eigenvalue weighted by Gasteiger charge is -2.09. The van der Waals surface area contributed by atoms with E-state index in [1.165, 1.54) is 0 Å². The minimum Gasteiger partial charge on any atom is -0.454 e. The Morgan fingerprint density at radius 3 is 2.90 bits per heavy atom. The molecule has 0 unspecified atom stereocenters. The van der Waals surface area contributed by atoms with Crippen LogP contribution in [0.3, 0.4) is 0 Å². The summed E-state index contributed by atoms with van der Waals surface area (Å²) in [5.41, 5.74) is 0.852. The van der Waals surface area contributed by atoms with E-state index in [0.29, 0.717) is 11.8 Å². The number of aromatic nitrogens is 3. The van der Waals surface area contributed by atoms with Crippen LogP contribution in [0.25, 0.3) is 0 Å². The lowest BCUT2D eigenvalue weighted by atomic mass is 10.3. The molecule has 0 atom stereocenters. The molecule has 7 heteroatoms. The number of benzene rings is 1. The molecule has 104 valence electrons. The first kappa shape index (κ1) is 12.5. The fourth-order valence-electron chi connectivity index (χ4n) is 1.81. The molecular weight excluding hydrogens is 258 g/mol. The van der Waals surface area contributed by atoms with E-state index >= 15 is 0 Å². The zero-order chi connectivity index (χ0) is 13.9. The van der Waals surface area contributed by atoms with Crippen LogP contribution in [0.2, 0.25) is 0 Å². The summed E-state index contributed by atoms with van der Waals surface area (Å²) in [6.07, 6.45) is 1.57. The molecule has 2 heterocycles. The van der Waals surface area contributed by atoms with Crippen LogP contribution in [0.15, 0.2) is 24.4 Å². The molecule has 3 rings (SSSR count). The molecule has 1 aliphatic heterocycles. The Kier molecular flexibility index (Phi) is 3.24. The second-order valence-electron chi connectivity index (χ2n) is 4.66. The number of nitrogens with one attached hydrogen (secondary N) is 2. The van der Waals surface area contributed by atoms with Crippen molar-refractivity contribution in [3.05, 3.63) is 24.4 Å². The third-order valence-corrected chi connectivity index (χ3v) is 2.62. The maximum Gasteiger partial charge on any atom is 0.244 e. The van der Waals surface area contributed by atoms with Gasteiger partial charge in [0.15, 0.2) is 17.3 Å². The molecule has 2 aromatic rings. The van der Waals surface area contributed by atoms with E-state index in [-0.39, 0.29) is 12.8 Å². The van der Waals surface area contributed by atoms with Crippen LogP contribution >= 0.6 is 0 Å². The van der Waals surface area contributed by atoms with Crippen LogP contribution in [0.4, 0.5) is 17.5 Å². The van der Waals surface area contributed by atoms with Crippen molar-refractivity contribution in [3.63, 3.8) is 0 Å².